The normalized spacial score (nSPS) is 19.5. The van der Waals surface area contributed by atoms with Crippen LogP contribution in [0.2, 0.25) is 0 Å². The quantitative estimate of drug-likeness (QED) is 0.782. The van der Waals surface area contributed by atoms with Crippen LogP contribution in [0.4, 0.5) is 0 Å². The fourth-order valence-electron chi connectivity index (χ4n) is 4.20. The molecular weight excluding hydrogens is 418 g/mol. The Bertz CT molecular complexity index is 1150. The number of rotatable bonds is 3. The lowest BCUT2D eigenvalue weighted by atomic mass is 9.95. The zero-order chi connectivity index (χ0) is 21.4. The van der Waals surface area contributed by atoms with E-state index in [1.165, 1.54) is 0 Å². The maximum Gasteiger partial charge on any atom is 0.285 e. The average molecular weight is 442 g/mol. The summed E-state index contributed by atoms with van der Waals surface area (Å²) in [6.45, 7) is 2.67. The molecule has 31 heavy (non-hydrogen) atoms. The van der Waals surface area contributed by atoms with Crippen LogP contribution in [0.3, 0.4) is 0 Å². The van der Waals surface area contributed by atoms with E-state index in [1.807, 2.05) is 29.2 Å². The van der Waals surface area contributed by atoms with Crippen LogP contribution >= 0.6 is 0 Å². The summed E-state index contributed by atoms with van der Waals surface area (Å²) in [5.74, 6) is 1.83. The number of nitrogens with zero attached hydrogens (tertiary/aromatic N) is 2. The van der Waals surface area contributed by atoms with E-state index in [0.29, 0.717) is 62.8 Å². The molecule has 5 rings (SSSR count). The van der Waals surface area contributed by atoms with E-state index in [1.54, 1.807) is 18.2 Å². The molecule has 1 saturated heterocycles. The van der Waals surface area contributed by atoms with Crippen LogP contribution in [-0.2, 0) is 21.4 Å². The number of amides is 1. The molecule has 9 heteroatoms. The molecule has 162 valence electrons. The SMILES string of the molecule is O=C(NCc1ccc2c(c1)OCCO2)C1CCN(C2=NS(=O)(=O)c3ccccc32)CC1. The number of benzene rings is 2. The first-order valence-corrected chi connectivity index (χ1v) is 11.8. The Balaban J connectivity index is 1.18. The molecule has 0 spiro atoms. The Morgan fingerprint density at radius 3 is 2.61 bits per heavy atom. The molecule has 8 nitrogen and oxygen atoms in total. The number of sulfonamides is 1. The number of ether oxygens (including phenoxy) is 2. The van der Waals surface area contributed by atoms with Gasteiger partial charge in [-0.1, -0.05) is 18.2 Å². The third kappa shape index (κ3) is 3.85. The summed E-state index contributed by atoms with van der Waals surface area (Å²) in [6.07, 6.45) is 1.29. The minimum absolute atomic E-state index is 0.0101. The van der Waals surface area contributed by atoms with Crippen LogP contribution in [-0.4, -0.2) is 51.4 Å². The highest BCUT2D eigenvalue weighted by Gasteiger charge is 2.34. The summed E-state index contributed by atoms with van der Waals surface area (Å²) in [7, 11) is -3.63. The molecule has 0 radical (unpaired) electrons. The molecule has 1 fully saturated rings. The molecule has 3 aliphatic heterocycles. The second-order valence-corrected chi connectivity index (χ2v) is 9.42. The molecule has 0 atom stereocenters. The molecule has 3 aliphatic rings. The molecular formula is C22H23N3O5S. The first-order chi connectivity index (χ1) is 15.0. The van der Waals surface area contributed by atoms with Gasteiger partial charge >= 0.3 is 0 Å². The van der Waals surface area contributed by atoms with Gasteiger partial charge in [-0.05, 0) is 42.7 Å². The van der Waals surface area contributed by atoms with Gasteiger partial charge < -0.3 is 19.7 Å². The highest BCUT2D eigenvalue weighted by Crippen LogP contribution is 2.31. The van der Waals surface area contributed by atoms with Gasteiger partial charge in [0, 0.05) is 31.1 Å². The van der Waals surface area contributed by atoms with Crippen molar-refractivity contribution in [2.75, 3.05) is 26.3 Å². The molecule has 0 aliphatic carbocycles. The van der Waals surface area contributed by atoms with Crippen LogP contribution < -0.4 is 14.8 Å². The van der Waals surface area contributed by atoms with E-state index >= 15 is 0 Å². The van der Waals surface area contributed by atoms with E-state index in [9.17, 15) is 13.2 Å². The maximum absolute atomic E-state index is 12.7. The van der Waals surface area contributed by atoms with Gasteiger partial charge in [-0.15, -0.1) is 4.40 Å². The maximum atomic E-state index is 12.7. The van der Waals surface area contributed by atoms with Gasteiger partial charge in [0.15, 0.2) is 17.3 Å². The zero-order valence-corrected chi connectivity index (χ0v) is 17.7. The topological polar surface area (TPSA) is 97.3 Å². The molecule has 1 amide bonds. The van der Waals surface area contributed by atoms with Gasteiger partial charge in [-0.3, -0.25) is 4.79 Å². The standard InChI is InChI=1S/C22H23N3O5S/c26-22(23-14-15-5-6-18-19(13-15)30-12-11-29-18)16-7-9-25(10-8-16)21-17-3-1-2-4-20(17)31(27,28)24-21/h1-6,13,16H,7-12,14H2,(H,23,26). The molecule has 3 heterocycles. The van der Waals surface area contributed by atoms with Crippen LogP contribution in [0.25, 0.3) is 0 Å². The molecule has 0 aromatic heterocycles. The van der Waals surface area contributed by atoms with Crippen molar-refractivity contribution in [3.8, 4) is 11.5 Å². The van der Waals surface area contributed by atoms with Gasteiger partial charge in [0.2, 0.25) is 5.91 Å². The predicted molar refractivity (Wildman–Crippen MR) is 114 cm³/mol. The first-order valence-electron chi connectivity index (χ1n) is 10.4. The fourth-order valence-corrected chi connectivity index (χ4v) is 5.43. The van der Waals surface area contributed by atoms with Crippen LogP contribution in [0.5, 0.6) is 11.5 Å². The number of hydrogen-bond donors (Lipinski definition) is 1. The summed E-state index contributed by atoms with van der Waals surface area (Å²) in [6, 6.07) is 12.6. The number of carbonyl (C=O) groups is 1. The Hall–Kier alpha value is -3.07. The third-order valence-electron chi connectivity index (χ3n) is 5.85. The minimum atomic E-state index is -3.63. The zero-order valence-electron chi connectivity index (χ0n) is 16.9. The van der Waals surface area contributed by atoms with Gasteiger partial charge in [0.05, 0.1) is 0 Å². The Morgan fingerprint density at radius 1 is 1.06 bits per heavy atom. The molecule has 0 saturated carbocycles. The number of fused-ring (bicyclic) bond motifs is 2. The van der Waals surface area contributed by atoms with Crippen molar-refractivity contribution in [2.45, 2.75) is 24.3 Å². The number of carbonyl (C=O) groups excluding carboxylic acids is 1. The predicted octanol–water partition coefficient (Wildman–Crippen LogP) is 1.94. The van der Waals surface area contributed by atoms with E-state index in [4.69, 9.17) is 9.47 Å². The fraction of sp³-hybridized carbons (Fsp3) is 0.364. The Labute approximate surface area is 180 Å². The van der Waals surface area contributed by atoms with E-state index in [-0.39, 0.29) is 16.7 Å². The van der Waals surface area contributed by atoms with Crippen molar-refractivity contribution in [2.24, 2.45) is 10.3 Å². The van der Waals surface area contributed by atoms with Gasteiger partial charge in [-0.2, -0.15) is 8.42 Å². The minimum Gasteiger partial charge on any atom is -0.486 e. The Kier molecular flexibility index (Phi) is 5.05. The molecule has 2 aromatic carbocycles. The van der Waals surface area contributed by atoms with E-state index in [2.05, 4.69) is 9.71 Å². The first kappa shape index (κ1) is 19.9. The summed E-state index contributed by atoms with van der Waals surface area (Å²) < 4.78 is 39.7. The summed E-state index contributed by atoms with van der Waals surface area (Å²) in [5.41, 5.74) is 1.60. The number of nitrogens with one attached hydrogen (secondary N) is 1. The summed E-state index contributed by atoms with van der Waals surface area (Å²) in [5, 5.41) is 3.01. The monoisotopic (exact) mass is 441 g/mol. The van der Waals surface area contributed by atoms with Crippen molar-refractivity contribution in [3.63, 3.8) is 0 Å². The highest BCUT2D eigenvalue weighted by atomic mass is 32.2. The van der Waals surface area contributed by atoms with Gasteiger partial charge in [-0.25, -0.2) is 0 Å². The van der Waals surface area contributed by atoms with Crippen molar-refractivity contribution in [1.29, 1.82) is 0 Å². The average Bonchev–Trinajstić information content (AvgIpc) is 3.08. The second-order valence-electron chi connectivity index (χ2n) is 7.84. The largest absolute Gasteiger partial charge is 0.486 e. The number of amidine groups is 1. The number of likely N-dealkylation sites (tertiary alicyclic amines) is 1. The lowest BCUT2D eigenvalue weighted by Gasteiger charge is -2.32. The summed E-state index contributed by atoms with van der Waals surface area (Å²) >= 11 is 0. The third-order valence-corrected chi connectivity index (χ3v) is 7.18. The number of hydrogen-bond acceptors (Lipinski definition) is 6. The highest BCUT2D eigenvalue weighted by molar-refractivity contribution is 7.90. The van der Waals surface area contributed by atoms with Crippen LogP contribution in [0.1, 0.15) is 24.0 Å². The smallest absolute Gasteiger partial charge is 0.285 e. The second kappa shape index (κ2) is 7.88. The lowest BCUT2D eigenvalue weighted by Crippen LogP contribution is -2.42. The van der Waals surface area contributed by atoms with Crippen LogP contribution in [0, 0.1) is 5.92 Å². The van der Waals surface area contributed by atoms with Gasteiger partial charge in [0.25, 0.3) is 10.0 Å². The van der Waals surface area contributed by atoms with Gasteiger partial charge in [0.1, 0.15) is 18.1 Å². The van der Waals surface area contributed by atoms with Crippen LogP contribution in [0.15, 0.2) is 51.8 Å². The summed E-state index contributed by atoms with van der Waals surface area (Å²) in [4.78, 5) is 14.9. The van der Waals surface area contributed by atoms with Crippen molar-refractivity contribution < 1.29 is 22.7 Å². The van der Waals surface area contributed by atoms with E-state index in [0.717, 1.165) is 11.3 Å². The van der Waals surface area contributed by atoms with Crippen molar-refractivity contribution >= 4 is 21.8 Å². The Morgan fingerprint density at radius 2 is 1.81 bits per heavy atom. The molecule has 1 N–H and O–H groups in total. The lowest BCUT2D eigenvalue weighted by molar-refractivity contribution is -0.126. The van der Waals surface area contributed by atoms with E-state index < -0.39 is 10.0 Å². The van der Waals surface area contributed by atoms with Crippen molar-refractivity contribution in [3.05, 3.63) is 53.6 Å². The molecule has 2 aromatic rings. The molecule has 0 bridgehead atoms. The number of piperidine rings is 1. The van der Waals surface area contributed by atoms with Crippen molar-refractivity contribution in [1.82, 2.24) is 10.2 Å². The molecule has 0 unspecified atom stereocenters.